The third-order valence-electron chi connectivity index (χ3n) is 2.28. The minimum Gasteiger partial charge on any atom is -0.358 e. The maximum absolute atomic E-state index is 2.25. The van der Waals surface area contributed by atoms with E-state index in [2.05, 4.69) is 50.6 Å². The second-order valence-electron chi connectivity index (χ2n) is 3.16. The molecule has 0 fully saturated rings. The first kappa shape index (κ1) is 16.3. The van der Waals surface area contributed by atoms with Gasteiger partial charge in [0.1, 0.15) is 0 Å². The Kier molecular flexibility index (Phi) is 11.0. The fourth-order valence-electron chi connectivity index (χ4n) is 1.55. The van der Waals surface area contributed by atoms with E-state index in [9.17, 15) is 0 Å². The Balaban J connectivity index is 0. The molecule has 1 rings (SSSR count). The van der Waals surface area contributed by atoms with Crippen molar-refractivity contribution < 1.29 is 21.1 Å². The first-order valence-corrected chi connectivity index (χ1v) is 4.71. The normalized spacial score (nSPS) is 11.0. The van der Waals surface area contributed by atoms with E-state index in [0.29, 0.717) is 0 Å². The van der Waals surface area contributed by atoms with Gasteiger partial charge in [-0.1, -0.05) is 43.7 Å². The summed E-state index contributed by atoms with van der Waals surface area (Å²) in [5, 5.41) is 0. The van der Waals surface area contributed by atoms with E-state index in [-0.39, 0.29) is 28.5 Å². The summed E-state index contributed by atoms with van der Waals surface area (Å²) >= 11 is 0. The van der Waals surface area contributed by atoms with Crippen molar-refractivity contribution in [2.24, 2.45) is 0 Å². The van der Waals surface area contributed by atoms with Gasteiger partial charge >= 0.3 is 21.1 Å². The molecule has 0 N–H and O–H groups in total. The molecule has 1 aromatic rings. The van der Waals surface area contributed by atoms with Crippen LogP contribution in [0.15, 0.2) is 30.3 Å². The summed E-state index contributed by atoms with van der Waals surface area (Å²) in [6, 6.07) is 10.8. The zero-order valence-corrected chi connectivity index (χ0v) is 12.3. The summed E-state index contributed by atoms with van der Waals surface area (Å²) in [5.41, 5.74) is 1.47. The molecule has 0 aliphatic carbocycles. The van der Waals surface area contributed by atoms with Crippen LogP contribution >= 0.6 is 0 Å². The van der Waals surface area contributed by atoms with Gasteiger partial charge in [-0.3, -0.25) is 0 Å². The quantitative estimate of drug-likeness (QED) is 0.705. The average Bonchev–Trinajstić information content (AvgIpc) is 2.15. The van der Waals surface area contributed by atoms with Gasteiger partial charge in [-0.15, -0.1) is 0 Å². The van der Waals surface area contributed by atoms with E-state index in [0.717, 1.165) is 5.92 Å². The Labute approximate surface area is 103 Å². The van der Waals surface area contributed by atoms with E-state index in [1.54, 1.807) is 0 Å². The van der Waals surface area contributed by atoms with Crippen LogP contribution < -0.4 is 0 Å². The Morgan fingerprint density at radius 1 is 1.21 bits per heavy atom. The zero-order chi connectivity index (χ0) is 8.81. The molecule has 14 heavy (non-hydrogen) atoms. The van der Waals surface area contributed by atoms with Gasteiger partial charge < -0.3 is 13.8 Å². The van der Waals surface area contributed by atoms with Crippen LogP contribution in [0.2, 0.25) is 0 Å². The fraction of sp³-hybridized carbons (Fsp3) is 0.385. The first-order chi connectivity index (χ1) is 5.88. The molecule has 0 bridgehead atoms. The van der Waals surface area contributed by atoms with Gasteiger partial charge in [0.15, 0.2) is 0 Å². The van der Waals surface area contributed by atoms with Crippen LogP contribution in [0.5, 0.6) is 0 Å². The smallest absolute Gasteiger partial charge is 0.358 e. The standard InChI is InChI=1S/C12H17.CH3.W/c1-3-8-11(4-2)12-9-6-5-7-10-12;;/h3,5-7,9-11H,4,8H2,1-2H3;1H3;/q2*-1;+2. The van der Waals surface area contributed by atoms with Crippen molar-refractivity contribution in [1.82, 2.24) is 0 Å². The molecule has 0 radical (unpaired) electrons. The number of hydrogen-bond acceptors (Lipinski definition) is 0. The molecule has 78 valence electrons. The van der Waals surface area contributed by atoms with Gasteiger partial charge in [0.25, 0.3) is 0 Å². The molecule has 1 atom stereocenters. The molecular formula is C13H20W. The van der Waals surface area contributed by atoms with Crippen LogP contribution in [-0.4, -0.2) is 0 Å². The van der Waals surface area contributed by atoms with Gasteiger partial charge in [-0.05, 0) is 11.5 Å². The second kappa shape index (κ2) is 9.46. The molecule has 1 heteroatoms. The molecule has 1 unspecified atom stereocenters. The van der Waals surface area contributed by atoms with E-state index in [1.165, 1.54) is 18.4 Å². The van der Waals surface area contributed by atoms with E-state index in [4.69, 9.17) is 0 Å². The van der Waals surface area contributed by atoms with Crippen molar-refractivity contribution in [3.8, 4) is 0 Å². The number of benzene rings is 1. The number of rotatable bonds is 4. The predicted octanol–water partition coefficient (Wildman–Crippen LogP) is 4.24. The fourth-order valence-corrected chi connectivity index (χ4v) is 1.55. The minimum atomic E-state index is 0. The Morgan fingerprint density at radius 3 is 2.21 bits per heavy atom. The zero-order valence-electron chi connectivity index (χ0n) is 9.36. The van der Waals surface area contributed by atoms with Crippen LogP contribution in [0.25, 0.3) is 0 Å². The van der Waals surface area contributed by atoms with E-state index < -0.39 is 0 Å². The summed E-state index contributed by atoms with van der Waals surface area (Å²) in [6.45, 7) is 4.38. The third kappa shape index (κ3) is 4.96. The largest absolute Gasteiger partial charge is 2.00 e. The summed E-state index contributed by atoms with van der Waals surface area (Å²) in [6.07, 6.45) is 4.68. The monoisotopic (exact) mass is 360 g/mol. The maximum atomic E-state index is 2.25. The van der Waals surface area contributed by atoms with Gasteiger partial charge in [-0.2, -0.15) is 13.3 Å². The van der Waals surface area contributed by atoms with Crippen molar-refractivity contribution in [1.29, 1.82) is 0 Å². The Morgan fingerprint density at radius 2 is 1.79 bits per heavy atom. The first-order valence-electron chi connectivity index (χ1n) is 4.71. The summed E-state index contributed by atoms with van der Waals surface area (Å²) in [5.74, 6) is 0.719. The van der Waals surface area contributed by atoms with Crippen LogP contribution in [0, 0.1) is 13.8 Å². The summed E-state index contributed by atoms with van der Waals surface area (Å²) in [4.78, 5) is 0. The molecule has 0 saturated heterocycles. The Bertz CT molecular complexity index is 206. The maximum Gasteiger partial charge on any atom is 2.00 e. The SMILES string of the molecule is C[CH-]CC(CC)c1ccccc1.[CH3-].[W+2]. The van der Waals surface area contributed by atoms with Crippen LogP contribution in [0.3, 0.4) is 0 Å². The van der Waals surface area contributed by atoms with Gasteiger partial charge in [-0.25, -0.2) is 0 Å². The average molecular weight is 360 g/mol. The van der Waals surface area contributed by atoms with Crippen molar-refractivity contribution in [3.63, 3.8) is 0 Å². The molecule has 0 aliphatic heterocycles. The molecular weight excluding hydrogens is 340 g/mol. The third-order valence-corrected chi connectivity index (χ3v) is 2.28. The van der Waals surface area contributed by atoms with Gasteiger partial charge in [0, 0.05) is 0 Å². The van der Waals surface area contributed by atoms with Gasteiger partial charge in [0.2, 0.25) is 0 Å². The number of hydrogen-bond donors (Lipinski definition) is 0. The van der Waals surface area contributed by atoms with E-state index in [1.807, 2.05) is 0 Å². The topological polar surface area (TPSA) is 0 Å². The molecule has 1 aromatic carbocycles. The van der Waals surface area contributed by atoms with Crippen LogP contribution in [0.4, 0.5) is 0 Å². The van der Waals surface area contributed by atoms with Crippen molar-refractivity contribution in [2.75, 3.05) is 0 Å². The predicted molar refractivity (Wildman–Crippen MR) is 60.5 cm³/mol. The Hall–Kier alpha value is -0.0917. The van der Waals surface area contributed by atoms with Crippen LogP contribution in [-0.2, 0) is 21.1 Å². The molecule has 0 amide bonds. The molecule has 0 spiro atoms. The minimum absolute atomic E-state index is 0. The molecule has 0 aliphatic rings. The molecule has 0 saturated carbocycles. The van der Waals surface area contributed by atoms with E-state index >= 15 is 0 Å². The molecule has 0 heterocycles. The second-order valence-corrected chi connectivity index (χ2v) is 3.16. The van der Waals surface area contributed by atoms with Crippen LogP contribution in [0.1, 0.15) is 38.2 Å². The van der Waals surface area contributed by atoms with Gasteiger partial charge in [0.05, 0.1) is 0 Å². The molecule has 0 aromatic heterocycles. The van der Waals surface area contributed by atoms with Crippen molar-refractivity contribution in [3.05, 3.63) is 49.7 Å². The van der Waals surface area contributed by atoms with Crippen molar-refractivity contribution >= 4 is 0 Å². The molecule has 0 nitrogen and oxygen atoms in total. The van der Waals surface area contributed by atoms with Crippen molar-refractivity contribution in [2.45, 2.75) is 32.6 Å². The summed E-state index contributed by atoms with van der Waals surface area (Å²) < 4.78 is 0. The summed E-state index contributed by atoms with van der Waals surface area (Å²) in [7, 11) is 0.